The van der Waals surface area contributed by atoms with Gasteiger partial charge >= 0.3 is 0 Å². The van der Waals surface area contributed by atoms with Crippen LogP contribution in [0.15, 0.2) is 48.5 Å². The molecule has 2 aromatic carbocycles. The van der Waals surface area contributed by atoms with Crippen LogP contribution in [0, 0.1) is 0 Å². The summed E-state index contributed by atoms with van der Waals surface area (Å²) in [5.74, 6) is -0.527. The van der Waals surface area contributed by atoms with E-state index in [1.165, 1.54) is 0 Å². The predicted molar refractivity (Wildman–Crippen MR) is 97.6 cm³/mol. The molecule has 0 aliphatic heterocycles. The largest absolute Gasteiger partial charge is 0.378 e. The number of anilines is 2. The lowest BCUT2D eigenvalue weighted by atomic mass is 10.1. The second-order valence-corrected chi connectivity index (χ2v) is 5.94. The molecule has 0 aliphatic carbocycles. The fraction of sp³-hybridized carbons (Fsp3) is 0.222. The van der Waals surface area contributed by atoms with Crippen molar-refractivity contribution >= 4 is 34.8 Å². The average Bonchev–Trinajstić information content (AvgIpc) is 2.55. The molecule has 0 fully saturated rings. The summed E-state index contributed by atoms with van der Waals surface area (Å²) in [6.07, 6.45) is 0.143. The number of amides is 2. The van der Waals surface area contributed by atoms with E-state index in [9.17, 15) is 9.59 Å². The summed E-state index contributed by atoms with van der Waals surface area (Å²) in [7, 11) is 3.89. The third kappa shape index (κ3) is 5.28. The van der Waals surface area contributed by atoms with Crippen LogP contribution >= 0.6 is 11.6 Å². The molecule has 0 atom stereocenters. The maximum absolute atomic E-state index is 11.9. The van der Waals surface area contributed by atoms with E-state index < -0.39 is 0 Å². The second-order valence-electron chi connectivity index (χ2n) is 5.53. The summed E-state index contributed by atoms with van der Waals surface area (Å²) >= 11 is 6.01. The Morgan fingerprint density at radius 3 is 2.29 bits per heavy atom. The Labute approximate surface area is 146 Å². The van der Waals surface area contributed by atoms with Gasteiger partial charge in [0.25, 0.3) is 0 Å². The van der Waals surface area contributed by atoms with Crippen LogP contribution < -0.4 is 15.5 Å². The SMILES string of the molecule is CN(C)c1ccc(NC(=O)CNC(=O)Cc2ccccc2Cl)cc1. The quantitative estimate of drug-likeness (QED) is 0.846. The first kappa shape index (κ1) is 17.8. The number of benzene rings is 2. The van der Waals surface area contributed by atoms with Gasteiger partial charge in [0.15, 0.2) is 0 Å². The molecule has 0 radical (unpaired) electrons. The highest BCUT2D eigenvalue weighted by molar-refractivity contribution is 6.31. The van der Waals surface area contributed by atoms with Crippen LogP contribution in [0.2, 0.25) is 5.02 Å². The monoisotopic (exact) mass is 345 g/mol. The summed E-state index contributed by atoms with van der Waals surface area (Å²) in [6.45, 7) is -0.0846. The van der Waals surface area contributed by atoms with Gasteiger partial charge < -0.3 is 15.5 Å². The molecule has 6 heteroatoms. The summed E-state index contributed by atoms with van der Waals surface area (Å²) < 4.78 is 0. The van der Waals surface area contributed by atoms with Gasteiger partial charge in [0.2, 0.25) is 11.8 Å². The number of carbonyl (C=O) groups is 2. The first-order chi connectivity index (χ1) is 11.5. The minimum Gasteiger partial charge on any atom is -0.378 e. The number of carbonyl (C=O) groups excluding carboxylic acids is 2. The lowest BCUT2D eigenvalue weighted by Gasteiger charge is -2.13. The molecule has 2 N–H and O–H groups in total. The summed E-state index contributed by atoms with van der Waals surface area (Å²) in [4.78, 5) is 25.8. The normalized spacial score (nSPS) is 10.1. The number of hydrogen-bond acceptors (Lipinski definition) is 3. The molecular weight excluding hydrogens is 326 g/mol. The average molecular weight is 346 g/mol. The first-order valence-electron chi connectivity index (χ1n) is 7.53. The molecule has 0 unspecified atom stereocenters. The van der Waals surface area contributed by atoms with Crippen molar-refractivity contribution in [3.05, 3.63) is 59.1 Å². The van der Waals surface area contributed by atoms with Crippen molar-refractivity contribution in [2.24, 2.45) is 0 Å². The van der Waals surface area contributed by atoms with Crippen LogP contribution in [0.1, 0.15) is 5.56 Å². The Kier molecular flexibility index (Phi) is 6.21. The maximum Gasteiger partial charge on any atom is 0.243 e. The van der Waals surface area contributed by atoms with Crippen molar-refractivity contribution < 1.29 is 9.59 Å². The van der Waals surface area contributed by atoms with Gasteiger partial charge in [0, 0.05) is 30.5 Å². The minimum absolute atomic E-state index is 0.0846. The topological polar surface area (TPSA) is 61.4 Å². The highest BCUT2D eigenvalue weighted by atomic mass is 35.5. The summed E-state index contributed by atoms with van der Waals surface area (Å²) in [6, 6.07) is 14.6. The number of rotatable bonds is 6. The zero-order chi connectivity index (χ0) is 17.5. The third-order valence-electron chi connectivity index (χ3n) is 3.42. The van der Waals surface area contributed by atoms with Crippen LogP contribution in [0.5, 0.6) is 0 Å². The fourth-order valence-electron chi connectivity index (χ4n) is 2.10. The van der Waals surface area contributed by atoms with Crippen molar-refractivity contribution in [1.29, 1.82) is 0 Å². The third-order valence-corrected chi connectivity index (χ3v) is 3.79. The number of nitrogens with one attached hydrogen (secondary N) is 2. The standard InChI is InChI=1S/C18H20ClN3O2/c1-22(2)15-9-7-14(8-10-15)21-18(24)12-20-17(23)11-13-5-3-4-6-16(13)19/h3-10H,11-12H2,1-2H3,(H,20,23)(H,21,24). The van der Waals surface area contributed by atoms with Gasteiger partial charge in [-0.25, -0.2) is 0 Å². The molecule has 0 heterocycles. The van der Waals surface area contributed by atoms with Gasteiger partial charge in [-0.15, -0.1) is 0 Å². The molecule has 2 rings (SSSR count). The molecule has 5 nitrogen and oxygen atoms in total. The van der Waals surface area contributed by atoms with Gasteiger partial charge in [-0.2, -0.15) is 0 Å². The lowest BCUT2D eigenvalue weighted by molar-refractivity contribution is -0.123. The van der Waals surface area contributed by atoms with Crippen molar-refractivity contribution in [3.8, 4) is 0 Å². The maximum atomic E-state index is 11.9. The summed E-state index contributed by atoms with van der Waals surface area (Å²) in [5.41, 5.74) is 2.46. The van der Waals surface area contributed by atoms with Crippen LogP contribution in [-0.2, 0) is 16.0 Å². The fourth-order valence-corrected chi connectivity index (χ4v) is 2.31. The Bertz CT molecular complexity index is 714. The van der Waals surface area contributed by atoms with E-state index in [1.807, 2.05) is 49.3 Å². The zero-order valence-corrected chi connectivity index (χ0v) is 14.4. The van der Waals surface area contributed by atoms with Crippen LogP contribution in [0.3, 0.4) is 0 Å². The van der Waals surface area contributed by atoms with Gasteiger partial charge in [0.05, 0.1) is 13.0 Å². The van der Waals surface area contributed by atoms with E-state index >= 15 is 0 Å². The van der Waals surface area contributed by atoms with E-state index in [-0.39, 0.29) is 24.8 Å². The second kappa shape index (κ2) is 8.36. The van der Waals surface area contributed by atoms with Crippen molar-refractivity contribution in [3.63, 3.8) is 0 Å². The first-order valence-corrected chi connectivity index (χ1v) is 7.91. The molecule has 2 aromatic rings. The highest BCUT2D eigenvalue weighted by Gasteiger charge is 2.09. The molecular formula is C18H20ClN3O2. The van der Waals surface area contributed by atoms with Crippen LogP contribution in [0.25, 0.3) is 0 Å². The van der Waals surface area contributed by atoms with E-state index in [0.29, 0.717) is 10.7 Å². The predicted octanol–water partition coefficient (Wildman–Crippen LogP) is 2.70. The molecule has 24 heavy (non-hydrogen) atoms. The molecule has 126 valence electrons. The number of hydrogen-bond donors (Lipinski definition) is 2. The van der Waals surface area contributed by atoms with Crippen molar-refractivity contribution in [1.82, 2.24) is 5.32 Å². The number of halogens is 1. The summed E-state index contributed by atoms with van der Waals surface area (Å²) in [5, 5.41) is 5.87. The van der Waals surface area contributed by atoms with Gasteiger partial charge in [-0.3, -0.25) is 9.59 Å². The molecule has 0 aliphatic rings. The Morgan fingerprint density at radius 2 is 1.67 bits per heavy atom. The van der Waals surface area contributed by atoms with Crippen LogP contribution in [0.4, 0.5) is 11.4 Å². The molecule has 0 saturated heterocycles. The van der Waals surface area contributed by atoms with E-state index in [4.69, 9.17) is 11.6 Å². The van der Waals surface area contributed by atoms with E-state index in [2.05, 4.69) is 10.6 Å². The van der Waals surface area contributed by atoms with E-state index in [0.717, 1.165) is 11.3 Å². The molecule has 2 amide bonds. The minimum atomic E-state index is -0.278. The number of nitrogens with zero attached hydrogens (tertiary/aromatic N) is 1. The zero-order valence-electron chi connectivity index (χ0n) is 13.7. The molecule has 0 aromatic heterocycles. The Morgan fingerprint density at radius 1 is 1.00 bits per heavy atom. The van der Waals surface area contributed by atoms with Crippen molar-refractivity contribution in [2.75, 3.05) is 30.9 Å². The van der Waals surface area contributed by atoms with Gasteiger partial charge in [-0.1, -0.05) is 29.8 Å². The van der Waals surface area contributed by atoms with Gasteiger partial charge in [0.1, 0.15) is 0 Å². The Hall–Kier alpha value is -2.53. The van der Waals surface area contributed by atoms with E-state index in [1.54, 1.807) is 18.2 Å². The molecule has 0 saturated carbocycles. The lowest BCUT2D eigenvalue weighted by Crippen LogP contribution is -2.33. The van der Waals surface area contributed by atoms with Crippen molar-refractivity contribution in [2.45, 2.75) is 6.42 Å². The molecule has 0 bridgehead atoms. The smallest absolute Gasteiger partial charge is 0.243 e. The molecule has 0 spiro atoms. The Balaban J connectivity index is 1.80. The highest BCUT2D eigenvalue weighted by Crippen LogP contribution is 2.16. The van der Waals surface area contributed by atoms with Crippen LogP contribution in [-0.4, -0.2) is 32.5 Å². The van der Waals surface area contributed by atoms with Gasteiger partial charge in [-0.05, 0) is 35.9 Å².